The Labute approximate surface area is 206 Å². The molecule has 0 saturated heterocycles. The summed E-state index contributed by atoms with van der Waals surface area (Å²) in [6.45, 7) is 2.29. The fraction of sp³-hybridized carbons (Fsp3) is 0.933. The summed E-state index contributed by atoms with van der Waals surface area (Å²) < 4.78 is 0. The molecule has 0 bridgehead atoms. The van der Waals surface area contributed by atoms with Crippen molar-refractivity contribution in [2.45, 2.75) is 180 Å². The first kappa shape index (κ1) is 32.1. The van der Waals surface area contributed by atoms with Crippen LogP contribution in [0.25, 0.3) is 0 Å². The van der Waals surface area contributed by atoms with Gasteiger partial charge in [0.05, 0.1) is 0 Å². The maximum Gasteiger partial charge on any atom is 0.310 e. The van der Waals surface area contributed by atoms with Gasteiger partial charge in [-0.25, -0.2) is 0 Å². The first-order valence-electron chi connectivity index (χ1n) is 14.9. The zero-order valence-electron chi connectivity index (χ0n) is 22.4. The Hall–Kier alpha value is -0.860. The van der Waals surface area contributed by atoms with Crippen LogP contribution < -0.4 is 0 Å². The Kier molecular flexibility index (Phi) is 26.7. The first-order chi connectivity index (χ1) is 16.2. The molecule has 0 radical (unpaired) electrons. The molecule has 0 spiro atoms. The van der Waals surface area contributed by atoms with E-state index in [9.17, 15) is 9.59 Å². The second-order valence-electron chi connectivity index (χ2n) is 10.3. The third-order valence-electron chi connectivity index (χ3n) is 6.91. The molecule has 0 fully saturated rings. The Morgan fingerprint density at radius 2 is 0.667 bits per heavy atom. The van der Waals surface area contributed by atoms with E-state index in [0.29, 0.717) is 6.42 Å². The molecule has 196 valence electrons. The van der Waals surface area contributed by atoms with Gasteiger partial charge < -0.3 is 5.11 Å². The topological polar surface area (TPSA) is 54.4 Å². The van der Waals surface area contributed by atoms with Crippen LogP contribution in [0.2, 0.25) is 0 Å². The number of carbonyl (C=O) groups is 2. The molecule has 3 nitrogen and oxygen atoms in total. The van der Waals surface area contributed by atoms with E-state index in [2.05, 4.69) is 6.92 Å². The number of hydrogen-bond donors (Lipinski definition) is 1. The summed E-state index contributed by atoms with van der Waals surface area (Å²) in [4.78, 5) is 21.7. The number of carboxylic acid groups (broad SMARTS) is 1. The first-order valence-corrected chi connectivity index (χ1v) is 14.9. The smallest absolute Gasteiger partial charge is 0.310 e. The number of ketones is 1. The maximum atomic E-state index is 11.3. The minimum Gasteiger partial charge on any atom is -0.481 e. The van der Waals surface area contributed by atoms with Crippen molar-refractivity contribution in [3.63, 3.8) is 0 Å². The minimum atomic E-state index is -1.00. The van der Waals surface area contributed by atoms with Crippen LogP contribution in [0.5, 0.6) is 0 Å². The van der Waals surface area contributed by atoms with Gasteiger partial charge in [-0.2, -0.15) is 0 Å². The molecule has 0 aromatic heterocycles. The highest BCUT2D eigenvalue weighted by Crippen LogP contribution is 2.16. The molecule has 0 saturated carbocycles. The summed E-state index contributed by atoms with van der Waals surface area (Å²) in [5.41, 5.74) is 0. The highest BCUT2D eigenvalue weighted by Gasteiger charge is 2.06. The van der Waals surface area contributed by atoms with Crippen LogP contribution in [0.4, 0.5) is 0 Å². The number of carboxylic acids is 1. The zero-order chi connectivity index (χ0) is 24.2. The molecule has 0 aliphatic rings. The molecular formula is C30H58O3. The molecule has 0 atom stereocenters. The quantitative estimate of drug-likeness (QED) is 0.0921. The number of Topliss-reactive ketones (excluding diaryl/α,β-unsaturated/α-hetero) is 1. The van der Waals surface area contributed by atoms with Crippen molar-refractivity contribution in [2.75, 3.05) is 0 Å². The Morgan fingerprint density at radius 3 is 0.909 bits per heavy atom. The lowest BCUT2D eigenvalue weighted by atomic mass is 10.0. The van der Waals surface area contributed by atoms with Crippen molar-refractivity contribution in [1.29, 1.82) is 0 Å². The molecule has 0 heterocycles. The lowest BCUT2D eigenvalue weighted by Gasteiger charge is -2.04. The van der Waals surface area contributed by atoms with Crippen molar-refractivity contribution in [3.8, 4) is 0 Å². The number of hydrogen-bond acceptors (Lipinski definition) is 2. The van der Waals surface area contributed by atoms with Crippen LogP contribution in [-0.4, -0.2) is 16.9 Å². The molecule has 33 heavy (non-hydrogen) atoms. The normalized spacial score (nSPS) is 11.2. The van der Waals surface area contributed by atoms with Gasteiger partial charge in [0.2, 0.25) is 0 Å². The lowest BCUT2D eigenvalue weighted by molar-refractivity contribution is -0.140. The fourth-order valence-electron chi connectivity index (χ4n) is 4.72. The predicted molar refractivity (Wildman–Crippen MR) is 143 cm³/mol. The van der Waals surface area contributed by atoms with Crippen molar-refractivity contribution in [1.82, 2.24) is 0 Å². The van der Waals surface area contributed by atoms with Gasteiger partial charge in [0.15, 0.2) is 0 Å². The average Bonchev–Trinajstić information content (AvgIpc) is 2.78. The van der Waals surface area contributed by atoms with Crippen LogP contribution in [0.1, 0.15) is 180 Å². The van der Waals surface area contributed by atoms with Gasteiger partial charge in [-0.05, 0) is 6.42 Å². The van der Waals surface area contributed by atoms with Crippen LogP contribution >= 0.6 is 0 Å². The van der Waals surface area contributed by atoms with E-state index < -0.39 is 5.97 Å². The minimum absolute atomic E-state index is 0.128. The molecule has 0 amide bonds. The Bertz CT molecular complexity index is 419. The monoisotopic (exact) mass is 466 g/mol. The van der Waals surface area contributed by atoms with Gasteiger partial charge in [0.1, 0.15) is 12.2 Å². The van der Waals surface area contributed by atoms with Gasteiger partial charge in [-0.15, -0.1) is 0 Å². The van der Waals surface area contributed by atoms with E-state index in [1.165, 1.54) is 148 Å². The summed E-state index contributed by atoms with van der Waals surface area (Å²) in [5.74, 6) is -1.13. The number of unbranched alkanes of at least 4 members (excludes halogenated alkanes) is 24. The van der Waals surface area contributed by atoms with E-state index in [0.717, 1.165) is 12.8 Å². The largest absolute Gasteiger partial charge is 0.481 e. The highest BCUT2D eigenvalue weighted by atomic mass is 16.4. The molecule has 0 aromatic rings. The summed E-state index contributed by atoms with van der Waals surface area (Å²) in [5, 5.41) is 8.56. The molecule has 0 unspecified atom stereocenters. The molecular weight excluding hydrogens is 408 g/mol. The van der Waals surface area contributed by atoms with Crippen LogP contribution in [-0.2, 0) is 9.59 Å². The standard InChI is InChI=1S/C30H58O3/c1-2-3-4-5-6-7-8-9-10-11-12-13-14-15-16-17-18-19-20-21-22-23-24-25-26-27-29(31)28-30(32)33/h2-28H2,1H3,(H,32,33). The van der Waals surface area contributed by atoms with E-state index in [1.807, 2.05) is 0 Å². The molecule has 0 aliphatic heterocycles. The second-order valence-corrected chi connectivity index (χ2v) is 10.3. The van der Waals surface area contributed by atoms with Crippen LogP contribution in [0.3, 0.4) is 0 Å². The zero-order valence-corrected chi connectivity index (χ0v) is 22.4. The molecule has 0 aromatic carbocycles. The fourth-order valence-corrected chi connectivity index (χ4v) is 4.72. The van der Waals surface area contributed by atoms with Crippen LogP contribution in [0.15, 0.2) is 0 Å². The average molecular weight is 467 g/mol. The third kappa shape index (κ3) is 29.1. The van der Waals surface area contributed by atoms with Crippen molar-refractivity contribution in [3.05, 3.63) is 0 Å². The maximum absolute atomic E-state index is 11.3. The number of carbonyl (C=O) groups excluding carboxylic acids is 1. The Morgan fingerprint density at radius 1 is 0.424 bits per heavy atom. The van der Waals surface area contributed by atoms with Gasteiger partial charge >= 0.3 is 5.97 Å². The van der Waals surface area contributed by atoms with Crippen molar-refractivity contribution < 1.29 is 14.7 Å². The van der Waals surface area contributed by atoms with Crippen molar-refractivity contribution >= 4 is 11.8 Å². The molecule has 0 aliphatic carbocycles. The van der Waals surface area contributed by atoms with Gasteiger partial charge in [-0.3, -0.25) is 9.59 Å². The SMILES string of the molecule is CCCCCCCCCCCCCCCCCCCCCCCCCCCC(=O)CC(=O)O. The Balaban J connectivity index is 3.06. The van der Waals surface area contributed by atoms with Gasteiger partial charge in [-0.1, -0.05) is 161 Å². The van der Waals surface area contributed by atoms with E-state index in [-0.39, 0.29) is 12.2 Å². The second kappa shape index (κ2) is 27.4. The van der Waals surface area contributed by atoms with E-state index in [1.54, 1.807) is 0 Å². The highest BCUT2D eigenvalue weighted by molar-refractivity contribution is 5.94. The number of rotatable bonds is 28. The van der Waals surface area contributed by atoms with Crippen LogP contribution in [0, 0.1) is 0 Å². The number of aliphatic carboxylic acids is 1. The third-order valence-corrected chi connectivity index (χ3v) is 6.91. The van der Waals surface area contributed by atoms with E-state index in [4.69, 9.17) is 5.11 Å². The summed E-state index contributed by atoms with van der Waals surface area (Å²) in [6.07, 6.45) is 34.4. The van der Waals surface area contributed by atoms with Crippen molar-refractivity contribution in [2.24, 2.45) is 0 Å². The van der Waals surface area contributed by atoms with Gasteiger partial charge in [0.25, 0.3) is 0 Å². The van der Waals surface area contributed by atoms with Gasteiger partial charge in [0, 0.05) is 6.42 Å². The predicted octanol–water partition coefficient (Wildman–Crippen LogP) is 10.2. The van der Waals surface area contributed by atoms with E-state index >= 15 is 0 Å². The molecule has 1 N–H and O–H groups in total. The summed E-state index contributed by atoms with van der Waals surface area (Å²) >= 11 is 0. The lowest BCUT2D eigenvalue weighted by Crippen LogP contribution is -2.05. The summed E-state index contributed by atoms with van der Waals surface area (Å²) in [6, 6.07) is 0. The molecule has 3 heteroatoms. The summed E-state index contributed by atoms with van der Waals surface area (Å²) in [7, 11) is 0. The molecule has 0 rings (SSSR count).